The van der Waals surface area contributed by atoms with Crippen molar-refractivity contribution in [3.63, 3.8) is 0 Å². The summed E-state index contributed by atoms with van der Waals surface area (Å²) in [7, 11) is 0. The lowest BCUT2D eigenvalue weighted by molar-refractivity contribution is 0.0229. The predicted molar refractivity (Wildman–Crippen MR) is 67.5 cm³/mol. The molecule has 2 heterocycles. The quantitative estimate of drug-likeness (QED) is 0.797. The van der Waals surface area contributed by atoms with Gasteiger partial charge >= 0.3 is 0 Å². The second kappa shape index (κ2) is 6.02. The summed E-state index contributed by atoms with van der Waals surface area (Å²) in [6.07, 6.45) is 5.40. The highest BCUT2D eigenvalue weighted by Crippen LogP contribution is 2.36. The van der Waals surface area contributed by atoms with Crippen LogP contribution in [0, 0.1) is 23.7 Å². The van der Waals surface area contributed by atoms with Gasteiger partial charge in [0.25, 0.3) is 0 Å². The lowest BCUT2D eigenvalue weighted by Crippen LogP contribution is -2.41. The molecule has 0 radical (unpaired) electrons. The number of ether oxygens (including phenoxy) is 1. The fraction of sp³-hybridized carbons (Fsp3) is 1.00. The van der Waals surface area contributed by atoms with E-state index >= 15 is 0 Å². The van der Waals surface area contributed by atoms with Crippen LogP contribution in [0.3, 0.4) is 0 Å². The van der Waals surface area contributed by atoms with E-state index in [4.69, 9.17) is 4.74 Å². The van der Waals surface area contributed by atoms with Gasteiger partial charge in [0.15, 0.2) is 0 Å². The maximum Gasteiger partial charge on any atom is 0.0468 e. The molecule has 2 unspecified atom stereocenters. The lowest BCUT2D eigenvalue weighted by atomic mass is 9.71. The van der Waals surface area contributed by atoms with Gasteiger partial charge in [-0.1, -0.05) is 13.8 Å². The third-order valence-electron chi connectivity index (χ3n) is 4.31. The van der Waals surface area contributed by atoms with E-state index < -0.39 is 0 Å². The van der Waals surface area contributed by atoms with Crippen LogP contribution in [0.4, 0.5) is 0 Å². The Morgan fingerprint density at radius 1 is 1.19 bits per heavy atom. The van der Waals surface area contributed by atoms with Gasteiger partial charge in [0.05, 0.1) is 0 Å². The zero-order valence-electron chi connectivity index (χ0n) is 10.9. The second-order valence-corrected chi connectivity index (χ2v) is 6.00. The molecule has 2 fully saturated rings. The molecular weight excluding hydrogens is 198 g/mol. The van der Waals surface area contributed by atoms with Crippen LogP contribution < -0.4 is 5.32 Å². The third-order valence-corrected chi connectivity index (χ3v) is 4.31. The summed E-state index contributed by atoms with van der Waals surface area (Å²) in [6.45, 7) is 9.20. The van der Waals surface area contributed by atoms with Crippen LogP contribution >= 0.6 is 0 Å². The molecule has 2 atom stereocenters. The van der Waals surface area contributed by atoms with Gasteiger partial charge in [-0.25, -0.2) is 0 Å². The SMILES string of the molecule is CC(C)CC1CNCCC1C1CCOCC1. The summed E-state index contributed by atoms with van der Waals surface area (Å²) >= 11 is 0. The number of rotatable bonds is 3. The van der Waals surface area contributed by atoms with Gasteiger partial charge in [-0.15, -0.1) is 0 Å². The zero-order valence-corrected chi connectivity index (χ0v) is 10.9. The van der Waals surface area contributed by atoms with Gasteiger partial charge in [0, 0.05) is 13.2 Å². The standard InChI is InChI=1S/C14H27NO/c1-11(2)9-13-10-15-6-3-14(13)12-4-7-16-8-5-12/h11-15H,3-10H2,1-2H3. The topological polar surface area (TPSA) is 21.3 Å². The molecule has 0 aliphatic carbocycles. The molecule has 0 amide bonds. The Bertz CT molecular complexity index is 199. The fourth-order valence-corrected chi connectivity index (χ4v) is 3.57. The van der Waals surface area contributed by atoms with E-state index in [9.17, 15) is 0 Å². The third kappa shape index (κ3) is 3.21. The Morgan fingerprint density at radius 3 is 2.62 bits per heavy atom. The summed E-state index contributed by atoms with van der Waals surface area (Å²) in [5.41, 5.74) is 0. The van der Waals surface area contributed by atoms with Crippen molar-refractivity contribution in [2.24, 2.45) is 23.7 Å². The van der Waals surface area contributed by atoms with Crippen molar-refractivity contribution >= 4 is 0 Å². The molecule has 2 nitrogen and oxygen atoms in total. The zero-order chi connectivity index (χ0) is 11.4. The van der Waals surface area contributed by atoms with Gasteiger partial charge in [0.1, 0.15) is 0 Å². The maximum absolute atomic E-state index is 5.49. The Kier molecular flexibility index (Phi) is 4.66. The minimum absolute atomic E-state index is 0.840. The van der Waals surface area contributed by atoms with Crippen LogP contribution in [0.2, 0.25) is 0 Å². The Labute approximate surface area is 100 Å². The van der Waals surface area contributed by atoms with Crippen LogP contribution in [-0.2, 0) is 4.74 Å². The van der Waals surface area contributed by atoms with Crippen LogP contribution in [0.5, 0.6) is 0 Å². The highest BCUT2D eigenvalue weighted by atomic mass is 16.5. The van der Waals surface area contributed by atoms with E-state index in [2.05, 4.69) is 19.2 Å². The van der Waals surface area contributed by atoms with E-state index in [0.29, 0.717) is 0 Å². The average Bonchev–Trinajstić information content (AvgIpc) is 2.30. The maximum atomic E-state index is 5.49. The van der Waals surface area contributed by atoms with E-state index in [1.165, 1.54) is 38.8 Å². The molecule has 0 bridgehead atoms. The molecule has 0 saturated carbocycles. The number of piperidine rings is 1. The molecule has 2 aliphatic rings. The second-order valence-electron chi connectivity index (χ2n) is 6.00. The molecule has 2 saturated heterocycles. The first-order valence-corrected chi connectivity index (χ1v) is 7.06. The van der Waals surface area contributed by atoms with E-state index in [-0.39, 0.29) is 0 Å². The van der Waals surface area contributed by atoms with E-state index in [1.54, 1.807) is 0 Å². The minimum Gasteiger partial charge on any atom is -0.381 e. The predicted octanol–water partition coefficient (Wildman–Crippen LogP) is 2.68. The number of hydrogen-bond donors (Lipinski definition) is 1. The number of hydrogen-bond acceptors (Lipinski definition) is 2. The van der Waals surface area contributed by atoms with E-state index in [0.717, 1.165) is 36.9 Å². The lowest BCUT2D eigenvalue weighted by Gasteiger charge is -2.40. The van der Waals surface area contributed by atoms with Gasteiger partial charge in [0.2, 0.25) is 0 Å². The normalized spacial score (nSPS) is 33.2. The first-order valence-electron chi connectivity index (χ1n) is 7.06. The molecule has 2 rings (SSSR count). The smallest absolute Gasteiger partial charge is 0.0468 e. The van der Waals surface area contributed by atoms with Gasteiger partial charge in [-0.2, -0.15) is 0 Å². The average molecular weight is 225 g/mol. The molecule has 94 valence electrons. The van der Waals surface area contributed by atoms with Crippen molar-refractivity contribution in [2.75, 3.05) is 26.3 Å². The summed E-state index contributed by atoms with van der Waals surface area (Å²) < 4.78 is 5.49. The summed E-state index contributed by atoms with van der Waals surface area (Å²) in [5, 5.41) is 3.58. The van der Waals surface area contributed by atoms with E-state index in [1.807, 2.05) is 0 Å². The van der Waals surface area contributed by atoms with Crippen molar-refractivity contribution in [2.45, 2.75) is 39.5 Å². The molecule has 16 heavy (non-hydrogen) atoms. The molecule has 0 aromatic heterocycles. The summed E-state index contributed by atoms with van der Waals surface area (Å²) in [5.74, 6) is 3.66. The first-order chi connectivity index (χ1) is 7.77. The number of nitrogens with one attached hydrogen (secondary N) is 1. The fourth-order valence-electron chi connectivity index (χ4n) is 3.57. The Balaban J connectivity index is 1.92. The van der Waals surface area contributed by atoms with Crippen molar-refractivity contribution < 1.29 is 4.74 Å². The van der Waals surface area contributed by atoms with Gasteiger partial charge in [-0.05, 0) is 62.4 Å². The highest BCUT2D eigenvalue weighted by molar-refractivity contribution is 4.84. The first kappa shape index (κ1) is 12.4. The van der Waals surface area contributed by atoms with Crippen LogP contribution in [0.15, 0.2) is 0 Å². The monoisotopic (exact) mass is 225 g/mol. The molecule has 2 heteroatoms. The van der Waals surface area contributed by atoms with Crippen molar-refractivity contribution in [1.82, 2.24) is 5.32 Å². The molecule has 0 spiro atoms. The minimum atomic E-state index is 0.840. The van der Waals surface area contributed by atoms with Crippen molar-refractivity contribution in [1.29, 1.82) is 0 Å². The van der Waals surface area contributed by atoms with Crippen LogP contribution in [0.25, 0.3) is 0 Å². The van der Waals surface area contributed by atoms with Crippen LogP contribution in [-0.4, -0.2) is 26.3 Å². The summed E-state index contributed by atoms with van der Waals surface area (Å²) in [4.78, 5) is 0. The van der Waals surface area contributed by atoms with Gasteiger partial charge < -0.3 is 10.1 Å². The van der Waals surface area contributed by atoms with Crippen LogP contribution in [0.1, 0.15) is 39.5 Å². The Hall–Kier alpha value is -0.0800. The van der Waals surface area contributed by atoms with Crippen molar-refractivity contribution in [3.05, 3.63) is 0 Å². The molecular formula is C14H27NO. The largest absolute Gasteiger partial charge is 0.381 e. The summed E-state index contributed by atoms with van der Waals surface area (Å²) in [6, 6.07) is 0. The van der Waals surface area contributed by atoms with Crippen molar-refractivity contribution in [3.8, 4) is 0 Å². The van der Waals surface area contributed by atoms with Gasteiger partial charge in [-0.3, -0.25) is 0 Å². The Morgan fingerprint density at radius 2 is 1.94 bits per heavy atom. The molecule has 1 N–H and O–H groups in total. The molecule has 0 aromatic rings. The molecule has 0 aromatic carbocycles. The highest BCUT2D eigenvalue weighted by Gasteiger charge is 2.32. The molecule has 2 aliphatic heterocycles.